The fourth-order valence-corrected chi connectivity index (χ4v) is 1.79. The maximum Gasteiger partial charge on any atom is 0.232 e. The molecule has 3 aromatic rings. The molecule has 0 fully saturated rings. The highest BCUT2D eigenvalue weighted by Crippen LogP contribution is 2.35. The molecular formula is C13H11N3O2. The zero-order chi connectivity index (χ0) is 12.5. The van der Waals surface area contributed by atoms with Crippen molar-refractivity contribution in [2.45, 2.75) is 6.92 Å². The first kappa shape index (κ1) is 10.6. The van der Waals surface area contributed by atoms with Crippen molar-refractivity contribution in [2.75, 3.05) is 5.73 Å². The first-order chi connectivity index (χ1) is 8.75. The molecule has 0 atom stereocenters. The molecule has 0 aromatic carbocycles. The Labute approximate surface area is 103 Å². The van der Waals surface area contributed by atoms with Gasteiger partial charge in [-0.2, -0.15) is 0 Å². The van der Waals surface area contributed by atoms with Gasteiger partial charge < -0.3 is 14.7 Å². The lowest BCUT2D eigenvalue weighted by molar-refractivity contribution is 0.435. The van der Waals surface area contributed by atoms with Crippen LogP contribution >= 0.6 is 0 Å². The largest absolute Gasteiger partial charge is 0.460 e. The Kier molecular flexibility index (Phi) is 2.37. The molecule has 3 heterocycles. The number of nitrogens with zero attached hydrogens (tertiary/aromatic N) is 2. The summed E-state index contributed by atoms with van der Waals surface area (Å²) in [6, 6.07) is 9.26. The molecule has 18 heavy (non-hydrogen) atoms. The highest BCUT2D eigenvalue weighted by molar-refractivity contribution is 5.83. The average Bonchev–Trinajstić information content (AvgIpc) is 2.96. The molecule has 0 bridgehead atoms. The summed E-state index contributed by atoms with van der Waals surface area (Å²) in [5.41, 5.74) is 7.74. The molecule has 90 valence electrons. The van der Waals surface area contributed by atoms with Crippen molar-refractivity contribution < 1.29 is 8.94 Å². The van der Waals surface area contributed by atoms with Gasteiger partial charge in [-0.15, -0.1) is 0 Å². The van der Waals surface area contributed by atoms with E-state index in [9.17, 15) is 0 Å². The molecule has 0 spiro atoms. The van der Waals surface area contributed by atoms with E-state index in [4.69, 9.17) is 14.7 Å². The van der Waals surface area contributed by atoms with Gasteiger partial charge in [-0.05, 0) is 31.2 Å². The first-order valence-electron chi connectivity index (χ1n) is 5.49. The number of pyridine rings is 1. The highest BCUT2D eigenvalue weighted by Gasteiger charge is 2.20. The number of hydrogen-bond acceptors (Lipinski definition) is 5. The Morgan fingerprint density at radius 3 is 2.72 bits per heavy atom. The van der Waals surface area contributed by atoms with E-state index < -0.39 is 0 Å². The van der Waals surface area contributed by atoms with Gasteiger partial charge in [-0.25, -0.2) is 0 Å². The number of nitrogen functional groups attached to an aromatic ring is 1. The van der Waals surface area contributed by atoms with Crippen LogP contribution in [0.4, 0.5) is 5.88 Å². The van der Waals surface area contributed by atoms with Crippen molar-refractivity contribution in [3.63, 3.8) is 0 Å². The lowest BCUT2D eigenvalue weighted by atomic mass is 10.1. The number of anilines is 1. The predicted molar refractivity (Wildman–Crippen MR) is 66.6 cm³/mol. The summed E-state index contributed by atoms with van der Waals surface area (Å²) in [6.45, 7) is 1.87. The monoisotopic (exact) mass is 241 g/mol. The number of rotatable bonds is 2. The summed E-state index contributed by atoms with van der Waals surface area (Å²) in [5.74, 6) is 1.66. The Balaban J connectivity index is 2.18. The van der Waals surface area contributed by atoms with Crippen LogP contribution < -0.4 is 5.73 Å². The SMILES string of the molecule is Cc1ccc(-c2noc(N)c2-c2ccccn2)o1. The lowest BCUT2D eigenvalue weighted by Crippen LogP contribution is -1.89. The smallest absolute Gasteiger partial charge is 0.232 e. The molecule has 0 amide bonds. The van der Waals surface area contributed by atoms with Crippen LogP contribution in [0.1, 0.15) is 5.76 Å². The van der Waals surface area contributed by atoms with Crippen LogP contribution in [0, 0.1) is 6.92 Å². The van der Waals surface area contributed by atoms with Gasteiger partial charge in [-0.3, -0.25) is 4.98 Å². The maximum absolute atomic E-state index is 5.81. The zero-order valence-corrected chi connectivity index (χ0v) is 9.75. The quantitative estimate of drug-likeness (QED) is 0.746. The van der Waals surface area contributed by atoms with E-state index >= 15 is 0 Å². The van der Waals surface area contributed by atoms with E-state index in [1.807, 2.05) is 37.3 Å². The number of aryl methyl sites for hydroxylation is 1. The Hall–Kier alpha value is -2.56. The van der Waals surface area contributed by atoms with Crippen molar-refractivity contribution in [3.05, 3.63) is 42.3 Å². The van der Waals surface area contributed by atoms with Crippen LogP contribution in [0.15, 0.2) is 45.5 Å². The number of aromatic nitrogens is 2. The summed E-state index contributed by atoms with van der Waals surface area (Å²) >= 11 is 0. The summed E-state index contributed by atoms with van der Waals surface area (Å²) < 4.78 is 10.6. The molecule has 0 aliphatic rings. The van der Waals surface area contributed by atoms with Crippen molar-refractivity contribution in [1.82, 2.24) is 10.1 Å². The maximum atomic E-state index is 5.81. The van der Waals surface area contributed by atoms with E-state index in [0.717, 1.165) is 5.76 Å². The summed E-state index contributed by atoms with van der Waals surface area (Å²) in [5, 5.41) is 3.94. The predicted octanol–water partition coefficient (Wildman–Crippen LogP) is 2.89. The number of furan rings is 1. The van der Waals surface area contributed by atoms with Crippen LogP contribution in [0.3, 0.4) is 0 Å². The summed E-state index contributed by atoms with van der Waals surface area (Å²) in [4.78, 5) is 4.25. The fourth-order valence-electron chi connectivity index (χ4n) is 1.79. The second kappa shape index (κ2) is 4.03. The third-order valence-electron chi connectivity index (χ3n) is 2.61. The number of nitrogens with two attached hydrogens (primary N) is 1. The molecule has 2 N–H and O–H groups in total. The van der Waals surface area contributed by atoms with Crippen molar-refractivity contribution >= 4 is 5.88 Å². The van der Waals surface area contributed by atoms with Gasteiger partial charge >= 0.3 is 0 Å². The third-order valence-corrected chi connectivity index (χ3v) is 2.61. The average molecular weight is 241 g/mol. The van der Waals surface area contributed by atoms with Gasteiger partial charge in [0.1, 0.15) is 5.76 Å². The zero-order valence-electron chi connectivity index (χ0n) is 9.75. The second-order valence-electron chi connectivity index (χ2n) is 3.90. The fraction of sp³-hybridized carbons (Fsp3) is 0.0769. The van der Waals surface area contributed by atoms with Gasteiger partial charge in [0.15, 0.2) is 11.5 Å². The molecule has 0 saturated carbocycles. The minimum atomic E-state index is 0.234. The highest BCUT2D eigenvalue weighted by atomic mass is 16.5. The molecule has 3 aromatic heterocycles. The van der Waals surface area contributed by atoms with Crippen LogP contribution in [0.25, 0.3) is 22.7 Å². The van der Waals surface area contributed by atoms with Crippen molar-refractivity contribution in [2.24, 2.45) is 0 Å². The Morgan fingerprint density at radius 2 is 2.06 bits per heavy atom. The van der Waals surface area contributed by atoms with Gasteiger partial charge in [0, 0.05) is 6.20 Å². The molecule has 3 rings (SSSR count). The topological polar surface area (TPSA) is 78.1 Å². The lowest BCUT2D eigenvalue weighted by Gasteiger charge is -1.98. The molecule has 0 aliphatic carbocycles. The van der Waals surface area contributed by atoms with E-state index in [0.29, 0.717) is 22.7 Å². The molecule has 0 unspecified atom stereocenters. The molecule has 5 heteroatoms. The standard InChI is InChI=1S/C13H11N3O2/c1-8-5-6-10(17-8)12-11(13(14)18-16-12)9-4-2-3-7-15-9/h2-7H,14H2,1H3. The van der Waals surface area contributed by atoms with E-state index in [2.05, 4.69) is 10.1 Å². The van der Waals surface area contributed by atoms with Gasteiger partial charge in [0.25, 0.3) is 0 Å². The minimum absolute atomic E-state index is 0.234. The van der Waals surface area contributed by atoms with Gasteiger partial charge in [-0.1, -0.05) is 11.2 Å². The van der Waals surface area contributed by atoms with E-state index in [1.165, 1.54) is 0 Å². The Morgan fingerprint density at radius 1 is 1.17 bits per heavy atom. The normalized spacial score (nSPS) is 10.7. The molecule has 0 saturated heterocycles. The molecular weight excluding hydrogens is 230 g/mol. The van der Waals surface area contributed by atoms with E-state index in [1.54, 1.807) is 6.20 Å². The van der Waals surface area contributed by atoms with Crippen LogP contribution in [-0.4, -0.2) is 10.1 Å². The first-order valence-corrected chi connectivity index (χ1v) is 5.49. The third kappa shape index (κ3) is 1.66. The molecule has 0 radical (unpaired) electrons. The summed E-state index contributed by atoms with van der Waals surface area (Å²) in [7, 11) is 0. The van der Waals surface area contributed by atoms with Crippen molar-refractivity contribution in [3.8, 4) is 22.7 Å². The molecule has 5 nitrogen and oxygen atoms in total. The summed E-state index contributed by atoms with van der Waals surface area (Å²) in [6.07, 6.45) is 1.69. The van der Waals surface area contributed by atoms with Gasteiger partial charge in [0.2, 0.25) is 5.88 Å². The molecule has 0 aliphatic heterocycles. The van der Waals surface area contributed by atoms with Gasteiger partial charge in [0.05, 0.1) is 11.3 Å². The second-order valence-corrected chi connectivity index (χ2v) is 3.90. The number of hydrogen-bond donors (Lipinski definition) is 1. The minimum Gasteiger partial charge on any atom is -0.460 e. The Bertz CT molecular complexity index is 671. The van der Waals surface area contributed by atoms with Crippen LogP contribution in [0.5, 0.6) is 0 Å². The van der Waals surface area contributed by atoms with Crippen LogP contribution in [0.2, 0.25) is 0 Å². The van der Waals surface area contributed by atoms with Crippen molar-refractivity contribution in [1.29, 1.82) is 0 Å². The van der Waals surface area contributed by atoms with Crippen LogP contribution in [-0.2, 0) is 0 Å². The van der Waals surface area contributed by atoms with E-state index in [-0.39, 0.29) is 5.88 Å².